The molecule has 2 rings (SSSR count). The Bertz CT molecular complexity index is 592. The van der Waals surface area contributed by atoms with E-state index < -0.39 is 0 Å². The maximum atomic E-state index is 12.5. The number of thioether (sulfide) groups is 1. The van der Waals surface area contributed by atoms with Crippen LogP contribution in [0.25, 0.3) is 0 Å². The highest BCUT2D eigenvalue weighted by Crippen LogP contribution is 2.27. The van der Waals surface area contributed by atoms with Gasteiger partial charge >= 0.3 is 0 Å². The molecule has 0 aromatic heterocycles. The lowest BCUT2D eigenvalue weighted by Crippen LogP contribution is -2.45. The molecule has 0 radical (unpaired) electrons. The predicted molar refractivity (Wildman–Crippen MR) is 107 cm³/mol. The topological polar surface area (TPSA) is 58.2 Å². The normalized spacial score (nSPS) is 21.6. The molecule has 6 heteroatoms. The summed E-state index contributed by atoms with van der Waals surface area (Å²) in [6.07, 6.45) is 3.58. The highest BCUT2D eigenvalue weighted by Gasteiger charge is 2.29. The molecule has 1 fully saturated rings. The minimum atomic E-state index is -0.161. The van der Waals surface area contributed by atoms with E-state index in [2.05, 4.69) is 26.6 Å². The summed E-state index contributed by atoms with van der Waals surface area (Å²) in [5.41, 5.74) is 0. The Morgan fingerprint density at radius 2 is 1.84 bits per heavy atom. The third kappa shape index (κ3) is 6.66. The number of rotatable bonds is 6. The molecule has 1 aromatic rings. The van der Waals surface area contributed by atoms with Gasteiger partial charge < -0.3 is 10.6 Å². The third-order valence-corrected chi connectivity index (χ3v) is 5.96. The van der Waals surface area contributed by atoms with Crippen LogP contribution in [0.15, 0.2) is 33.6 Å². The molecule has 3 atom stereocenters. The van der Waals surface area contributed by atoms with Crippen molar-refractivity contribution in [2.45, 2.75) is 68.7 Å². The second-order valence-corrected chi connectivity index (χ2v) is 9.28. The van der Waals surface area contributed by atoms with Gasteiger partial charge in [-0.2, -0.15) is 0 Å². The summed E-state index contributed by atoms with van der Waals surface area (Å²) in [5.74, 6) is 0.171. The maximum absolute atomic E-state index is 12.5. The average Bonchev–Trinajstić information content (AvgIpc) is 2.56. The molecule has 1 aliphatic carbocycles. The fraction of sp³-hybridized carbons (Fsp3) is 0.579. The van der Waals surface area contributed by atoms with E-state index in [1.54, 1.807) is 11.8 Å². The second-order valence-electron chi connectivity index (χ2n) is 6.95. The Balaban J connectivity index is 1.84. The van der Waals surface area contributed by atoms with E-state index in [0.29, 0.717) is 0 Å². The number of hydrogen-bond acceptors (Lipinski definition) is 3. The van der Waals surface area contributed by atoms with Crippen molar-refractivity contribution >= 4 is 39.5 Å². The minimum absolute atomic E-state index is 0.0101. The lowest BCUT2D eigenvalue weighted by Gasteiger charge is -2.30. The van der Waals surface area contributed by atoms with Gasteiger partial charge in [0.05, 0.1) is 5.25 Å². The quantitative estimate of drug-likeness (QED) is 0.672. The molecule has 1 aromatic carbocycles. The van der Waals surface area contributed by atoms with Gasteiger partial charge in [-0.25, -0.2) is 0 Å². The second kappa shape index (κ2) is 9.62. The first-order valence-electron chi connectivity index (χ1n) is 8.88. The smallest absolute Gasteiger partial charge is 0.233 e. The van der Waals surface area contributed by atoms with Gasteiger partial charge in [0.2, 0.25) is 11.8 Å². The number of halogens is 1. The van der Waals surface area contributed by atoms with Crippen LogP contribution >= 0.6 is 27.7 Å². The van der Waals surface area contributed by atoms with Gasteiger partial charge in [-0.3, -0.25) is 9.59 Å². The van der Waals surface area contributed by atoms with E-state index in [4.69, 9.17) is 0 Å². The number of benzene rings is 1. The van der Waals surface area contributed by atoms with Crippen LogP contribution in [0.4, 0.5) is 0 Å². The number of nitrogens with one attached hydrogen (secondary N) is 2. The van der Waals surface area contributed by atoms with Crippen molar-refractivity contribution in [3.8, 4) is 0 Å². The Morgan fingerprint density at radius 3 is 2.48 bits per heavy atom. The Labute approximate surface area is 163 Å². The molecule has 0 bridgehead atoms. The molecule has 4 nitrogen and oxygen atoms in total. The molecule has 0 aliphatic heterocycles. The van der Waals surface area contributed by atoms with Gasteiger partial charge in [0.15, 0.2) is 0 Å². The van der Waals surface area contributed by atoms with Crippen molar-refractivity contribution < 1.29 is 9.59 Å². The fourth-order valence-electron chi connectivity index (χ4n) is 3.05. The minimum Gasteiger partial charge on any atom is -0.354 e. The zero-order valence-electron chi connectivity index (χ0n) is 15.0. The first kappa shape index (κ1) is 20.3. The van der Waals surface area contributed by atoms with Gasteiger partial charge in [-0.1, -0.05) is 22.4 Å². The van der Waals surface area contributed by atoms with Gasteiger partial charge in [0, 0.05) is 27.4 Å². The van der Waals surface area contributed by atoms with Crippen LogP contribution in [0.5, 0.6) is 0 Å². The Hall–Kier alpha value is -1.01. The molecule has 2 amide bonds. The molecule has 1 saturated carbocycles. The summed E-state index contributed by atoms with van der Waals surface area (Å²) in [7, 11) is 0. The molecule has 25 heavy (non-hydrogen) atoms. The van der Waals surface area contributed by atoms with Crippen LogP contribution in [0.3, 0.4) is 0 Å². The Morgan fingerprint density at radius 1 is 1.16 bits per heavy atom. The molecular weight excluding hydrogens is 400 g/mol. The molecule has 1 aliphatic rings. The lowest BCUT2D eigenvalue weighted by molar-refractivity contribution is -0.128. The van der Waals surface area contributed by atoms with Crippen LogP contribution in [-0.4, -0.2) is 29.1 Å². The molecule has 0 heterocycles. The van der Waals surface area contributed by atoms with Crippen LogP contribution in [0.2, 0.25) is 0 Å². The van der Waals surface area contributed by atoms with E-state index in [9.17, 15) is 9.59 Å². The van der Waals surface area contributed by atoms with Crippen LogP contribution in [-0.2, 0) is 9.59 Å². The molecular formula is C19H27BrN2O2S. The lowest BCUT2D eigenvalue weighted by atomic mass is 9.85. The number of carbonyl (C=O) groups is 2. The van der Waals surface area contributed by atoms with Crippen molar-refractivity contribution in [1.29, 1.82) is 0 Å². The molecule has 2 N–H and O–H groups in total. The molecule has 3 unspecified atom stereocenters. The summed E-state index contributed by atoms with van der Waals surface area (Å²) in [6, 6.07) is 8.22. The van der Waals surface area contributed by atoms with Crippen molar-refractivity contribution in [3.63, 3.8) is 0 Å². The summed E-state index contributed by atoms with van der Waals surface area (Å²) >= 11 is 4.97. The van der Waals surface area contributed by atoms with E-state index >= 15 is 0 Å². The predicted octanol–water partition coefficient (Wildman–Crippen LogP) is 4.13. The van der Waals surface area contributed by atoms with E-state index in [1.165, 1.54) is 0 Å². The summed E-state index contributed by atoms with van der Waals surface area (Å²) in [4.78, 5) is 25.8. The monoisotopic (exact) mass is 426 g/mol. The average molecular weight is 427 g/mol. The van der Waals surface area contributed by atoms with E-state index in [1.807, 2.05) is 45.0 Å². The zero-order valence-corrected chi connectivity index (χ0v) is 17.5. The van der Waals surface area contributed by atoms with Crippen LogP contribution in [0.1, 0.15) is 46.5 Å². The van der Waals surface area contributed by atoms with Crippen molar-refractivity contribution in [3.05, 3.63) is 28.7 Å². The SMILES string of the molecule is CC(C)NC(=O)C1CCCC(NC(=O)C(C)Sc2ccc(Br)cc2)C1. The number of amides is 2. The van der Waals surface area contributed by atoms with Crippen LogP contribution < -0.4 is 10.6 Å². The van der Waals surface area contributed by atoms with Crippen molar-refractivity contribution in [2.75, 3.05) is 0 Å². The van der Waals surface area contributed by atoms with Gasteiger partial charge in [0.1, 0.15) is 0 Å². The number of hydrogen-bond donors (Lipinski definition) is 2. The Kier molecular flexibility index (Phi) is 7.81. The molecule has 0 saturated heterocycles. The van der Waals surface area contributed by atoms with E-state index in [0.717, 1.165) is 35.1 Å². The van der Waals surface area contributed by atoms with Crippen molar-refractivity contribution in [1.82, 2.24) is 10.6 Å². The summed E-state index contributed by atoms with van der Waals surface area (Å²) < 4.78 is 1.03. The van der Waals surface area contributed by atoms with Crippen molar-refractivity contribution in [2.24, 2.45) is 5.92 Å². The molecule has 138 valence electrons. The zero-order chi connectivity index (χ0) is 18.4. The first-order chi connectivity index (χ1) is 11.8. The van der Waals surface area contributed by atoms with Gasteiger partial charge in [0.25, 0.3) is 0 Å². The van der Waals surface area contributed by atoms with Crippen LogP contribution in [0, 0.1) is 5.92 Å². The largest absolute Gasteiger partial charge is 0.354 e. The van der Waals surface area contributed by atoms with Gasteiger partial charge in [-0.05, 0) is 64.3 Å². The standard InChI is InChI=1S/C19H27BrN2O2S/c1-12(2)21-19(24)14-5-4-6-16(11-14)22-18(23)13(3)25-17-9-7-15(20)8-10-17/h7-10,12-14,16H,4-6,11H2,1-3H3,(H,21,24)(H,22,23). The summed E-state index contributed by atoms with van der Waals surface area (Å²) in [6.45, 7) is 5.87. The highest BCUT2D eigenvalue weighted by atomic mass is 79.9. The van der Waals surface area contributed by atoms with Gasteiger partial charge in [-0.15, -0.1) is 11.8 Å². The van der Waals surface area contributed by atoms with E-state index in [-0.39, 0.29) is 35.1 Å². The molecule has 0 spiro atoms. The maximum Gasteiger partial charge on any atom is 0.233 e. The first-order valence-corrected chi connectivity index (χ1v) is 10.6. The third-order valence-electron chi connectivity index (χ3n) is 4.32. The highest BCUT2D eigenvalue weighted by molar-refractivity contribution is 9.10. The number of carbonyl (C=O) groups excluding carboxylic acids is 2. The summed E-state index contributed by atoms with van der Waals surface area (Å²) in [5, 5.41) is 5.97. The fourth-order valence-corrected chi connectivity index (χ4v) is 4.19.